The lowest BCUT2D eigenvalue weighted by Gasteiger charge is -2.13. The molecule has 1 aromatic rings. The minimum atomic E-state index is 0.743. The monoisotopic (exact) mass is 212 g/mol. The van der Waals surface area contributed by atoms with Gasteiger partial charge in [-0.15, -0.1) is 0 Å². The molecule has 16 heavy (non-hydrogen) atoms. The van der Waals surface area contributed by atoms with Crippen molar-refractivity contribution in [2.45, 2.75) is 38.5 Å². The van der Waals surface area contributed by atoms with Crippen molar-refractivity contribution in [3.05, 3.63) is 42.0 Å². The first-order chi connectivity index (χ1) is 7.75. The van der Waals surface area contributed by atoms with Crippen molar-refractivity contribution in [3.8, 4) is 0 Å². The van der Waals surface area contributed by atoms with Crippen molar-refractivity contribution in [2.24, 2.45) is 11.8 Å². The molecule has 3 rings (SSSR count). The van der Waals surface area contributed by atoms with Crippen LogP contribution in [0.5, 0.6) is 0 Å². The fraction of sp³-hybridized carbons (Fsp3) is 0.500. The second-order valence-electron chi connectivity index (χ2n) is 5.55. The van der Waals surface area contributed by atoms with Crippen molar-refractivity contribution >= 4 is 5.57 Å². The van der Waals surface area contributed by atoms with E-state index < -0.39 is 0 Å². The fourth-order valence-corrected chi connectivity index (χ4v) is 2.56. The van der Waals surface area contributed by atoms with Crippen molar-refractivity contribution in [3.63, 3.8) is 0 Å². The van der Waals surface area contributed by atoms with Gasteiger partial charge in [0.1, 0.15) is 0 Å². The third kappa shape index (κ3) is 1.93. The Kier molecular flexibility index (Phi) is 2.38. The number of benzene rings is 1. The smallest absolute Gasteiger partial charge is 0.0161 e. The van der Waals surface area contributed by atoms with Gasteiger partial charge in [-0.1, -0.05) is 37.8 Å². The summed E-state index contributed by atoms with van der Waals surface area (Å²) in [6, 6.07) is 9.09. The molecule has 0 unspecified atom stereocenters. The van der Waals surface area contributed by atoms with Crippen molar-refractivity contribution in [2.75, 3.05) is 0 Å². The van der Waals surface area contributed by atoms with Gasteiger partial charge in [-0.3, -0.25) is 0 Å². The molecule has 0 heterocycles. The van der Waals surface area contributed by atoms with Gasteiger partial charge in [-0.05, 0) is 60.1 Å². The number of allylic oxidation sites excluding steroid dienone is 1. The Bertz CT molecular complexity index is 408. The Morgan fingerprint density at radius 1 is 1.25 bits per heavy atom. The highest BCUT2D eigenvalue weighted by atomic mass is 14.3. The van der Waals surface area contributed by atoms with Crippen molar-refractivity contribution in [1.82, 2.24) is 0 Å². The van der Waals surface area contributed by atoms with E-state index in [4.69, 9.17) is 0 Å². The SMILES string of the molecule is C=C(c1cccc([C@H](C)C2CC2)c1)C1CC1. The third-order valence-electron chi connectivity index (χ3n) is 4.18. The molecule has 0 N–H and O–H groups in total. The van der Waals surface area contributed by atoms with Gasteiger partial charge in [-0.25, -0.2) is 0 Å². The molecule has 1 aromatic carbocycles. The number of hydrogen-bond acceptors (Lipinski definition) is 0. The number of hydrogen-bond donors (Lipinski definition) is 0. The number of rotatable bonds is 4. The van der Waals surface area contributed by atoms with Gasteiger partial charge >= 0.3 is 0 Å². The molecule has 84 valence electrons. The van der Waals surface area contributed by atoms with Gasteiger partial charge in [0.15, 0.2) is 0 Å². The molecule has 2 fully saturated rings. The van der Waals surface area contributed by atoms with Gasteiger partial charge in [0.2, 0.25) is 0 Å². The van der Waals surface area contributed by atoms with E-state index in [1.807, 2.05) is 0 Å². The van der Waals surface area contributed by atoms with Crippen LogP contribution in [-0.4, -0.2) is 0 Å². The average molecular weight is 212 g/mol. The second kappa shape index (κ2) is 3.76. The molecule has 0 aromatic heterocycles. The summed E-state index contributed by atoms with van der Waals surface area (Å²) in [5, 5.41) is 0. The van der Waals surface area contributed by atoms with E-state index in [1.165, 1.54) is 42.4 Å². The first-order valence-corrected chi connectivity index (χ1v) is 6.55. The zero-order valence-electron chi connectivity index (χ0n) is 10.1. The first kappa shape index (κ1) is 10.1. The van der Waals surface area contributed by atoms with E-state index in [0.29, 0.717) is 0 Å². The second-order valence-corrected chi connectivity index (χ2v) is 5.55. The maximum Gasteiger partial charge on any atom is -0.0161 e. The molecular formula is C16H20. The Morgan fingerprint density at radius 2 is 2.00 bits per heavy atom. The highest BCUT2D eigenvalue weighted by Crippen LogP contribution is 2.44. The largest absolute Gasteiger partial charge is 0.0950 e. The Hall–Kier alpha value is -1.04. The van der Waals surface area contributed by atoms with Gasteiger partial charge in [0.05, 0.1) is 0 Å². The summed E-state index contributed by atoms with van der Waals surface area (Å²) in [5.41, 5.74) is 4.26. The van der Waals surface area contributed by atoms with Crippen LogP contribution in [0.15, 0.2) is 30.8 Å². The lowest BCUT2D eigenvalue weighted by atomic mass is 9.92. The van der Waals surface area contributed by atoms with Crippen molar-refractivity contribution in [1.29, 1.82) is 0 Å². The van der Waals surface area contributed by atoms with Gasteiger partial charge in [0, 0.05) is 0 Å². The molecule has 1 atom stereocenters. The van der Waals surface area contributed by atoms with Crippen LogP contribution in [0.3, 0.4) is 0 Å². The molecule has 0 spiro atoms. The predicted octanol–water partition coefficient (Wildman–Crippen LogP) is 4.62. The van der Waals surface area contributed by atoms with Crippen molar-refractivity contribution < 1.29 is 0 Å². The van der Waals surface area contributed by atoms with Crippen LogP contribution < -0.4 is 0 Å². The zero-order valence-corrected chi connectivity index (χ0v) is 10.1. The van der Waals surface area contributed by atoms with E-state index in [0.717, 1.165) is 17.8 Å². The van der Waals surface area contributed by atoms with Crippen LogP contribution >= 0.6 is 0 Å². The van der Waals surface area contributed by atoms with E-state index >= 15 is 0 Å². The van der Waals surface area contributed by atoms with Crippen LogP contribution in [0.25, 0.3) is 5.57 Å². The maximum absolute atomic E-state index is 4.25. The van der Waals surface area contributed by atoms with Gasteiger partial charge < -0.3 is 0 Å². The van der Waals surface area contributed by atoms with E-state index in [9.17, 15) is 0 Å². The normalized spacial score (nSPS) is 21.8. The molecule has 2 saturated carbocycles. The van der Waals surface area contributed by atoms with Crippen LogP contribution in [0, 0.1) is 11.8 Å². The Morgan fingerprint density at radius 3 is 2.62 bits per heavy atom. The fourth-order valence-electron chi connectivity index (χ4n) is 2.56. The zero-order chi connectivity index (χ0) is 11.1. The highest BCUT2D eigenvalue weighted by molar-refractivity contribution is 5.67. The standard InChI is InChI=1S/C16H20/c1-11(13-6-7-13)15-4-3-5-16(10-15)12(2)14-8-9-14/h3-5,10,12-14H,1,6-9H2,2H3/t12-/m1/s1. The molecular weight excluding hydrogens is 192 g/mol. The van der Waals surface area contributed by atoms with Crippen LogP contribution in [0.2, 0.25) is 0 Å². The molecule has 0 bridgehead atoms. The van der Waals surface area contributed by atoms with E-state index in [2.05, 4.69) is 37.8 Å². The highest BCUT2D eigenvalue weighted by Gasteiger charge is 2.29. The summed E-state index contributed by atoms with van der Waals surface area (Å²) >= 11 is 0. The van der Waals surface area contributed by atoms with E-state index in [1.54, 1.807) is 0 Å². The maximum atomic E-state index is 4.25. The third-order valence-corrected chi connectivity index (χ3v) is 4.18. The predicted molar refractivity (Wildman–Crippen MR) is 69.3 cm³/mol. The summed E-state index contributed by atoms with van der Waals surface area (Å²) in [5.74, 6) is 2.47. The summed E-state index contributed by atoms with van der Waals surface area (Å²) in [4.78, 5) is 0. The Labute approximate surface area is 98.4 Å². The summed E-state index contributed by atoms with van der Waals surface area (Å²) < 4.78 is 0. The van der Waals surface area contributed by atoms with Crippen LogP contribution in [-0.2, 0) is 0 Å². The lowest BCUT2D eigenvalue weighted by molar-refractivity contribution is 0.664. The Balaban J connectivity index is 1.83. The molecule has 0 nitrogen and oxygen atoms in total. The van der Waals surface area contributed by atoms with E-state index in [-0.39, 0.29) is 0 Å². The average Bonchev–Trinajstić information content (AvgIpc) is 3.20. The molecule has 2 aliphatic rings. The van der Waals surface area contributed by atoms with Crippen LogP contribution in [0.4, 0.5) is 0 Å². The molecule has 0 heteroatoms. The molecule has 0 amide bonds. The first-order valence-electron chi connectivity index (χ1n) is 6.55. The minimum absolute atomic E-state index is 0.743. The topological polar surface area (TPSA) is 0 Å². The molecule has 0 saturated heterocycles. The minimum Gasteiger partial charge on any atom is -0.0950 e. The molecule has 0 aliphatic heterocycles. The van der Waals surface area contributed by atoms with Gasteiger partial charge in [0.25, 0.3) is 0 Å². The van der Waals surface area contributed by atoms with Crippen LogP contribution in [0.1, 0.15) is 49.7 Å². The van der Waals surface area contributed by atoms with Gasteiger partial charge in [-0.2, -0.15) is 0 Å². The lowest BCUT2D eigenvalue weighted by Crippen LogP contribution is -1.96. The summed E-state index contributed by atoms with van der Waals surface area (Å²) in [6.07, 6.45) is 5.55. The molecule has 2 aliphatic carbocycles. The quantitative estimate of drug-likeness (QED) is 0.683. The molecule has 0 radical (unpaired) electrons. The summed E-state index contributed by atoms with van der Waals surface area (Å²) in [7, 11) is 0. The summed E-state index contributed by atoms with van der Waals surface area (Å²) in [6.45, 7) is 6.62.